The number of para-hydroxylation sites is 1. The van der Waals surface area contributed by atoms with Crippen molar-refractivity contribution in [1.29, 1.82) is 0 Å². The molecule has 0 aliphatic heterocycles. The number of hydrogen-bond donors (Lipinski definition) is 3. The first-order valence-electron chi connectivity index (χ1n) is 6.51. The summed E-state index contributed by atoms with van der Waals surface area (Å²) in [6.07, 6.45) is 0. The molecule has 7 nitrogen and oxygen atoms in total. The molecule has 7 heteroatoms. The molecule has 0 radical (unpaired) electrons. The summed E-state index contributed by atoms with van der Waals surface area (Å²) in [4.78, 5) is 21.4. The van der Waals surface area contributed by atoms with Gasteiger partial charge < -0.3 is 25.0 Å². The van der Waals surface area contributed by atoms with Crippen LogP contribution in [0.1, 0.15) is 19.4 Å². The summed E-state index contributed by atoms with van der Waals surface area (Å²) >= 11 is 0. The van der Waals surface area contributed by atoms with E-state index in [1.165, 1.54) is 6.92 Å². The molecule has 0 amide bonds. The Morgan fingerprint density at radius 3 is 2.57 bits per heavy atom. The zero-order chi connectivity index (χ0) is 15.8. The number of rotatable bonds is 9. The predicted molar refractivity (Wildman–Crippen MR) is 74.7 cm³/mol. The van der Waals surface area contributed by atoms with Crippen LogP contribution < -0.4 is 14.8 Å². The van der Waals surface area contributed by atoms with Crippen LogP contribution in [0.3, 0.4) is 0 Å². The van der Waals surface area contributed by atoms with Crippen molar-refractivity contribution in [3.8, 4) is 11.5 Å². The summed E-state index contributed by atoms with van der Waals surface area (Å²) in [5.41, 5.74) is 0.635. The molecule has 1 atom stereocenters. The van der Waals surface area contributed by atoms with Crippen molar-refractivity contribution in [2.45, 2.75) is 26.4 Å². The van der Waals surface area contributed by atoms with Crippen LogP contribution in [0.25, 0.3) is 0 Å². The van der Waals surface area contributed by atoms with E-state index in [0.29, 0.717) is 23.7 Å². The Kier molecular flexibility index (Phi) is 6.48. The third kappa shape index (κ3) is 5.31. The second-order valence-electron chi connectivity index (χ2n) is 4.30. The van der Waals surface area contributed by atoms with E-state index >= 15 is 0 Å². The van der Waals surface area contributed by atoms with E-state index < -0.39 is 24.6 Å². The fraction of sp³-hybridized carbons (Fsp3) is 0.429. The molecule has 1 rings (SSSR count). The summed E-state index contributed by atoms with van der Waals surface area (Å²) < 4.78 is 10.7. The Labute approximate surface area is 122 Å². The first-order valence-corrected chi connectivity index (χ1v) is 6.51. The molecule has 116 valence electrons. The molecule has 0 saturated heterocycles. The second kappa shape index (κ2) is 8.11. The van der Waals surface area contributed by atoms with Gasteiger partial charge in [0, 0.05) is 12.1 Å². The molecular weight excluding hydrogens is 278 g/mol. The van der Waals surface area contributed by atoms with Gasteiger partial charge in [-0.25, -0.2) is 4.79 Å². The maximum absolute atomic E-state index is 10.8. The minimum atomic E-state index is -1.10. The highest BCUT2D eigenvalue weighted by Crippen LogP contribution is 2.31. The van der Waals surface area contributed by atoms with Crippen molar-refractivity contribution < 1.29 is 29.3 Å². The van der Waals surface area contributed by atoms with Gasteiger partial charge in [-0.15, -0.1) is 0 Å². The smallest absolute Gasteiger partial charge is 0.341 e. The van der Waals surface area contributed by atoms with Crippen molar-refractivity contribution in [2.24, 2.45) is 0 Å². The molecule has 0 fully saturated rings. The van der Waals surface area contributed by atoms with Crippen molar-refractivity contribution in [3.05, 3.63) is 23.8 Å². The first kappa shape index (κ1) is 16.8. The van der Waals surface area contributed by atoms with E-state index in [1.807, 2.05) is 0 Å². The van der Waals surface area contributed by atoms with Gasteiger partial charge in [0.1, 0.15) is 6.04 Å². The fourth-order valence-corrected chi connectivity index (χ4v) is 1.62. The van der Waals surface area contributed by atoms with Crippen LogP contribution in [-0.2, 0) is 16.1 Å². The lowest BCUT2D eigenvalue weighted by Gasteiger charge is -2.16. The van der Waals surface area contributed by atoms with Crippen molar-refractivity contribution >= 4 is 11.9 Å². The third-order valence-electron chi connectivity index (χ3n) is 2.67. The lowest BCUT2D eigenvalue weighted by Crippen LogP contribution is -2.33. The second-order valence-corrected chi connectivity index (χ2v) is 4.30. The molecule has 0 aliphatic carbocycles. The Bertz CT molecular complexity index is 502. The van der Waals surface area contributed by atoms with Gasteiger partial charge >= 0.3 is 11.9 Å². The Morgan fingerprint density at radius 1 is 1.29 bits per heavy atom. The molecular formula is C14H19NO6. The molecule has 1 aromatic carbocycles. The average molecular weight is 297 g/mol. The lowest BCUT2D eigenvalue weighted by molar-refractivity contribution is -0.140. The van der Waals surface area contributed by atoms with E-state index in [-0.39, 0.29) is 6.54 Å². The van der Waals surface area contributed by atoms with Crippen LogP contribution in [0.2, 0.25) is 0 Å². The molecule has 0 unspecified atom stereocenters. The van der Waals surface area contributed by atoms with E-state index in [1.54, 1.807) is 25.1 Å². The topological polar surface area (TPSA) is 105 Å². The zero-order valence-electron chi connectivity index (χ0n) is 12.0. The molecule has 0 bridgehead atoms. The molecule has 3 N–H and O–H groups in total. The number of aliphatic carboxylic acids is 2. The zero-order valence-corrected chi connectivity index (χ0v) is 12.0. The molecule has 0 saturated carbocycles. The van der Waals surface area contributed by atoms with Gasteiger partial charge in [0.2, 0.25) is 0 Å². The highest BCUT2D eigenvalue weighted by molar-refractivity contribution is 5.72. The van der Waals surface area contributed by atoms with E-state index in [0.717, 1.165) is 0 Å². The van der Waals surface area contributed by atoms with Crippen molar-refractivity contribution in [1.82, 2.24) is 5.32 Å². The standard InChI is InChI=1S/C14H19NO6/c1-3-20-11-6-4-5-10(7-15-9(2)14(18)19)13(11)21-8-12(16)17/h4-6,9,15H,3,7-8H2,1-2H3,(H,16,17)(H,18,19)/t9-/m1/s1. The summed E-state index contributed by atoms with van der Waals surface area (Å²) in [7, 11) is 0. The maximum atomic E-state index is 10.8. The Morgan fingerprint density at radius 2 is 2.00 bits per heavy atom. The number of benzene rings is 1. The number of carbonyl (C=O) groups is 2. The van der Waals surface area contributed by atoms with Gasteiger partial charge in [0.05, 0.1) is 6.61 Å². The lowest BCUT2D eigenvalue weighted by atomic mass is 10.1. The van der Waals surface area contributed by atoms with E-state index in [9.17, 15) is 9.59 Å². The Hall–Kier alpha value is -2.28. The van der Waals surface area contributed by atoms with Gasteiger partial charge in [-0.05, 0) is 19.9 Å². The van der Waals surface area contributed by atoms with Gasteiger partial charge in [0.15, 0.2) is 18.1 Å². The molecule has 0 heterocycles. The molecule has 1 aromatic rings. The van der Waals surface area contributed by atoms with Crippen LogP contribution in [0.5, 0.6) is 11.5 Å². The minimum Gasteiger partial charge on any atom is -0.490 e. The number of carboxylic acid groups (broad SMARTS) is 2. The fourth-order valence-electron chi connectivity index (χ4n) is 1.62. The number of nitrogens with one attached hydrogen (secondary N) is 1. The van der Waals surface area contributed by atoms with E-state index in [4.69, 9.17) is 19.7 Å². The predicted octanol–water partition coefficient (Wildman–Crippen LogP) is 1.11. The monoisotopic (exact) mass is 297 g/mol. The Balaban J connectivity index is 2.91. The number of hydrogen-bond acceptors (Lipinski definition) is 5. The van der Waals surface area contributed by atoms with Crippen LogP contribution in [-0.4, -0.2) is 41.4 Å². The molecule has 21 heavy (non-hydrogen) atoms. The van der Waals surface area contributed by atoms with Crippen LogP contribution in [0.4, 0.5) is 0 Å². The summed E-state index contributed by atoms with van der Waals surface area (Å²) in [5.74, 6) is -1.32. The summed E-state index contributed by atoms with van der Waals surface area (Å²) in [6, 6.07) is 4.40. The largest absolute Gasteiger partial charge is 0.490 e. The van der Waals surface area contributed by atoms with Gasteiger partial charge in [-0.1, -0.05) is 12.1 Å². The van der Waals surface area contributed by atoms with E-state index in [2.05, 4.69) is 5.32 Å². The highest BCUT2D eigenvalue weighted by atomic mass is 16.5. The van der Waals surface area contributed by atoms with Gasteiger partial charge in [0.25, 0.3) is 0 Å². The van der Waals surface area contributed by atoms with Crippen LogP contribution >= 0.6 is 0 Å². The normalized spacial score (nSPS) is 11.7. The highest BCUT2D eigenvalue weighted by Gasteiger charge is 2.15. The minimum absolute atomic E-state index is 0.226. The number of carboxylic acids is 2. The summed E-state index contributed by atoms with van der Waals surface area (Å²) in [5, 5.41) is 20.4. The van der Waals surface area contributed by atoms with Crippen molar-refractivity contribution in [3.63, 3.8) is 0 Å². The quantitative estimate of drug-likeness (QED) is 0.627. The SMILES string of the molecule is CCOc1cccc(CN[C@H](C)C(=O)O)c1OCC(=O)O. The summed E-state index contributed by atoms with van der Waals surface area (Å²) in [6.45, 7) is 3.46. The van der Waals surface area contributed by atoms with Gasteiger partial charge in [-0.3, -0.25) is 4.79 Å². The molecule has 0 aromatic heterocycles. The van der Waals surface area contributed by atoms with Gasteiger partial charge in [-0.2, -0.15) is 0 Å². The van der Waals surface area contributed by atoms with Crippen LogP contribution in [0, 0.1) is 0 Å². The number of ether oxygens (including phenoxy) is 2. The average Bonchev–Trinajstić information content (AvgIpc) is 2.43. The molecule has 0 aliphatic rings. The van der Waals surface area contributed by atoms with Crippen LogP contribution in [0.15, 0.2) is 18.2 Å². The maximum Gasteiger partial charge on any atom is 0.341 e. The molecule has 0 spiro atoms. The first-order chi connectivity index (χ1) is 9.95. The van der Waals surface area contributed by atoms with Crippen molar-refractivity contribution in [2.75, 3.05) is 13.2 Å². The third-order valence-corrected chi connectivity index (χ3v) is 2.67.